The molecule has 0 fully saturated rings. The molecule has 0 unspecified atom stereocenters. The van der Waals surface area contributed by atoms with Crippen LogP contribution in [0.5, 0.6) is 0 Å². The van der Waals surface area contributed by atoms with Gasteiger partial charge in [0, 0.05) is 34.5 Å². The number of hydrogen-bond acceptors (Lipinski definition) is 3. The molecule has 2 heterocycles. The number of fused-ring (bicyclic) bond motifs is 2. The van der Waals surface area contributed by atoms with Gasteiger partial charge in [0.1, 0.15) is 0 Å². The number of aliphatic carboxylic acids is 1. The van der Waals surface area contributed by atoms with E-state index in [0.29, 0.717) is 36.4 Å². The summed E-state index contributed by atoms with van der Waals surface area (Å²) in [5.74, 6) is -1.22. The average Bonchev–Trinajstić information content (AvgIpc) is 3.34. The Labute approximate surface area is 234 Å². The maximum Gasteiger partial charge on any atom is 0.309 e. The molecular weight excluding hydrogens is 512 g/mol. The summed E-state index contributed by atoms with van der Waals surface area (Å²) in [6.45, 7) is 6.06. The third-order valence-corrected chi connectivity index (χ3v) is 8.36. The zero-order valence-electron chi connectivity index (χ0n) is 22.5. The number of amides is 2. The highest BCUT2D eigenvalue weighted by atomic mass is 35.5. The third kappa shape index (κ3) is 5.18. The molecule has 0 aromatic heterocycles. The van der Waals surface area contributed by atoms with Crippen molar-refractivity contribution in [1.82, 2.24) is 0 Å². The van der Waals surface area contributed by atoms with Crippen LogP contribution in [0, 0.1) is 5.41 Å². The van der Waals surface area contributed by atoms with Gasteiger partial charge in [-0.25, -0.2) is 0 Å². The van der Waals surface area contributed by atoms with Crippen molar-refractivity contribution in [2.75, 3.05) is 16.3 Å². The van der Waals surface area contributed by atoms with Gasteiger partial charge in [-0.1, -0.05) is 41.9 Å². The molecule has 0 bridgehead atoms. The van der Waals surface area contributed by atoms with Crippen LogP contribution in [0.3, 0.4) is 0 Å². The average molecular weight is 545 g/mol. The first kappa shape index (κ1) is 26.9. The maximum atomic E-state index is 13.9. The van der Waals surface area contributed by atoms with Crippen LogP contribution < -0.4 is 9.80 Å². The second-order valence-corrected chi connectivity index (χ2v) is 11.7. The van der Waals surface area contributed by atoms with E-state index in [1.165, 1.54) is 0 Å². The quantitative estimate of drug-likeness (QED) is 0.384. The monoisotopic (exact) mass is 544 g/mol. The highest BCUT2D eigenvalue weighted by molar-refractivity contribution is 6.30. The lowest BCUT2D eigenvalue weighted by Gasteiger charge is -2.40. The van der Waals surface area contributed by atoms with Gasteiger partial charge in [0.05, 0.1) is 11.3 Å². The summed E-state index contributed by atoms with van der Waals surface area (Å²) < 4.78 is 0. The topological polar surface area (TPSA) is 77.9 Å². The molecule has 2 aliphatic heterocycles. The van der Waals surface area contributed by atoms with Gasteiger partial charge in [0.2, 0.25) is 5.91 Å². The molecule has 3 aromatic carbocycles. The Kier molecular flexibility index (Phi) is 7.25. The van der Waals surface area contributed by atoms with Gasteiger partial charge in [0.15, 0.2) is 0 Å². The number of halogens is 1. The van der Waals surface area contributed by atoms with Crippen LogP contribution in [0.4, 0.5) is 11.4 Å². The van der Waals surface area contributed by atoms with E-state index in [2.05, 4.69) is 0 Å². The molecule has 3 aromatic rings. The van der Waals surface area contributed by atoms with Crippen LogP contribution in [0.2, 0.25) is 5.02 Å². The van der Waals surface area contributed by atoms with Gasteiger partial charge >= 0.3 is 5.97 Å². The van der Waals surface area contributed by atoms with Crippen molar-refractivity contribution in [3.05, 3.63) is 94.0 Å². The van der Waals surface area contributed by atoms with E-state index in [1.54, 1.807) is 18.7 Å². The lowest BCUT2D eigenvalue weighted by atomic mass is 9.84. The molecule has 5 rings (SSSR count). The molecule has 39 heavy (non-hydrogen) atoms. The van der Waals surface area contributed by atoms with Crippen LogP contribution in [0.1, 0.15) is 66.6 Å². The van der Waals surface area contributed by atoms with Crippen LogP contribution in [-0.4, -0.2) is 35.5 Å². The van der Waals surface area contributed by atoms with E-state index in [-0.39, 0.29) is 23.8 Å². The second-order valence-electron chi connectivity index (χ2n) is 11.3. The Bertz CT molecular complexity index is 1430. The number of carboxylic acid groups (broad SMARTS) is 1. The maximum absolute atomic E-state index is 13.9. The first-order valence-electron chi connectivity index (χ1n) is 13.4. The first-order valence-corrected chi connectivity index (χ1v) is 13.8. The van der Waals surface area contributed by atoms with Gasteiger partial charge in [-0.2, -0.15) is 0 Å². The predicted octanol–water partition coefficient (Wildman–Crippen LogP) is 6.50. The fourth-order valence-electron chi connectivity index (χ4n) is 5.66. The molecule has 2 atom stereocenters. The molecule has 0 radical (unpaired) electrons. The summed E-state index contributed by atoms with van der Waals surface area (Å²) in [7, 11) is 0. The second kappa shape index (κ2) is 10.5. The van der Waals surface area contributed by atoms with Gasteiger partial charge < -0.3 is 14.9 Å². The van der Waals surface area contributed by atoms with Crippen LogP contribution >= 0.6 is 11.6 Å². The van der Waals surface area contributed by atoms with Crippen molar-refractivity contribution in [2.45, 2.75) is 58.4 Å². The highest BCUT2D eigenvalue weighted by Gasteiger charge is 2.40. The largest absolute Gasteiger partial charge is 0.481 e. The fourth-order valence-corrected chi connectivity index (χ4v) is 5.85. The van der Waals surface area contributed by atoms with E-state index in [0.717, 1.165) is 34.5 Å². The number of nitrogens with zero attached hydrogens (tertiary/aromatic N) is 2. The number of anilines is 2. The standard InChI is InChI=1S/C32H33ClN2O4/c1-20-18-26(30(37)34-17-15-23-19-24(33)12-13-27(23)34)25-6-4-5-7-28(25)35(20)29(36)22-10-8-21(9-11-22)14-16-32(2,3)31(38)39/h4-13,19-20,26H,14-18H2,1-3H3,(H,38,39)/t20-,26-/m0/s1. The molecular formula is C32H33ClN2O4. The number of para-hydroxylation sites is 1. The van der Waals surface area contributed by atoms with Crippen molar-refractivity contribution in [3.63, 3.8) is 0 Å². The number of benzene rings is 3. The number of carbonyl (C=O) groups excluding carboxylic acids is 2. The van der Waals surface area contributed by atoms with Crippen molar-refractivity contribution in [1.29, 1.82) is 0 Å². The van der Waals surface area contributed by atoms with E-state index < -0.39 is 11.4 Å². The Balaban J connectivity index is 1.37. The number of aryl methyl sites for hydroxylation is 1. The number of carboxylic acids is 1. The minimum Gasteiger partial charge on any atom is -0.481 e. The minimum atomic E-state index is -0.817. The zero-order valence-corrected chi connectivity index (χ0v) is 23.2. The van der Waals surface area contributed by atoms with Crippen LogP contribution in [-0.2, 0) is 22.4 Å². The normalized spacial score (nSPS) is 18.5. The summed E-state index contributed by atoms with van der Waals surface area (Å²) in [6.07, 6.45) is 2.44. The Hall–Kier alpha value is -3.64. The lowest BCUT2D eigenvalue weighted by molar-refractivity contribution is -0.147. The van der Waals surface area contributed by atoms with E-state index in [1.807, 2.05) is 78.6 Å². The van der Waals surface area contributed by atoms with Crippen molar-refractivity contribution < 1.29 is 19.5 Å². The fraction of sp³-hybridized carbons (Fsp3) is 0.344. The molecule has 0 aliphatic carbocycles. The molecule has 0 spiro atoms. The van der Waals surface area contributed by atoms with Gasteiger partial charge in [-0.05, 0) is 99.5 Å². The van der Waals surface area contributed by atoms with E-state index >= 15 is 0 Å². The first-order chi connectivity index (χ1) is 18.6. The molecule has 2 aliphatic rings. The molecule has 0 saturated heterocycles. The van der Waals surface area contributed by atoms with Crippen molar-refractivity contribution in [2.24, 2.45) is 5.41 Å². The summed E-state index contributed by atoms with van der Waals surface area (Å²) in [5, 5.41) is 10.0. The zero-order chi connectivity index (χ0) is 27.9. The Morgan fingerprint density at radius 3 is 2.44 bits per heavy atom. The Morgan fingerprint density at radius 2 is 1.72 bits per heavy atom. The number of hydrogen-bond donors (Lipinski definition) is 1. The van der Waals surface area contributed by atoms with E-state index in [9.17, 15) is 19.5 Å². The molecule has 202 valence electrons. The highest BCUT2D eigenvalue weighted by Crippen LogP contribution is 2.42. The summed E-state index contributed by atoms with van der Waals surface area (Å²) in [4.78, 5) is 42.7. The summed E-state index contributed by atoms with van der Waals surface area (Å²) in [6, 6.07) is 20.6. The molecule has 0 saturated carbocycles. The van der Waals surface area contributed by atoms with Crippen LogP contribution in [0.15, 0.2) is 66.7 Å². The smallest absolute Gasteiger partial charge is 0.309 e. The summed E-state index contributed by atoms with van der Waals surface area (Å²) in [5.41, 5.74) is 4.38. The number of carbonyl (C=O) groups is 3. The third-order valence-electron chi connectivity index (χ3n) is 8.13. The van der Waals surface area contributed by atoms with Gasteiger partial charge in [0.25, 0.3) is 5.91 Å². The summed E-state index contributed by atoms with van der Waals surface area (Å²) >= 11 is 6.17. The van der Waals surface area contributed by atoms with Crippen molar-refractivity contribution in [3.8, 4) is 0 Å². The predicted molar refractivity (Wildman–Crippen MR) is 154 cm³/mol. The SMILES string of the molecule is C[C@H]1C[C@H](C(=O)N2CCc3cc(Cl)ccc32)c2ccccc2N1C(=O)c1ccc(CCC(C)(C)C(=O)O)cc1. The van der Waals surface area contributed by atoms with Gasteiger partial charge in [-0.15, -0.1) is 0 Å². The van der Waals surface area contributed by atoms with E-state index in [4.69, 9.17) is 11.6 Å². The van der Waals surface area contributed by atoms with Crippen molar-refractivity contribution >= 4 is 40.8 Å². The number of rotatable bonds is 6. The Morgan fingerprint density at radius 1 is 1.00 bits per heavy atom. The van der Waals surface area contributed by atoms with Gasteiger partial charge in [-0.3, -0.25) is 14.4 Å². The molecule has 1 N–H and O–H groups in total. The molecule has 6 nitrogen and oxygen atoms in total. The minimum absolute atomic E-state index is 0.0520. The lowest BCUT2D eigenvalue weighted by Crippen LogP contribution is -2.46. The molecule has 7 heteroatoms. The van der Waals surface area contributed by atoms with Crippen LogP contribution in [0.25, 0.3) is 0 Å². The molecule has 2 amide bonds.